The topological polar surface area (TPSA) is 88.5 Å². The molecule has 0 amide bonds. The van der Waals surface area contributed by atoms with Gasteiger partial charge in [-0.25, -0.2) is 4.79 Å². The first kappa shape index (κ1) is 26.0. The van der Waals surface area contributed by atoms with E-state index >= 15 is 0 Å². The summed E-state index contributed by atoms with van der Waals surface area (Å²) in [5.74, 6) is 0.648. The summed E-state index contributed by atoms with van der Waals surface area (Å²) in [7, 11) is 4.62. The Morgan fingerprint density at radius 1 is 0.972 bits per heavy atom. The number of aromatic nitrogens is 1. The number of pyridine rings is 1. The maximum atomic E-state index is 12.9. The predicted octanol–water partition coefficient (Wildman–Crippen LogP) is 3.70. The SMILES string of the molecule is COCCCOc1cc2c(cc1OCCCOC)[C@H]1CCC(C)(C)N1n1cc(C(=O)OC)c(=O)cc1-2. The smallest absolute Gasteiger partial charge is 0.343 e. The van der Waals surface area contributed by atoms with E-state index < -0.39 is 5.97 Å². The lowest BCUT2D eigenvalue weighted by atomic mass is 9.93. The molecule has 3 heterocycles. The number of carbonyl (C=O) groups excluding carboxylic acids is 1. The second kappa shape index (κ2) is 10.9. The van der Waals surface area contributed by atoms with Gasteiger partial charge in [-0.3, -0.25) is 14.5 Å². The molecule has 9 nitrogen and oxygen atoms in total. The van der Waals surface area contributed by atoms with Crippen molar-refractivity contribution in [3.8, 4) is 22.8 Å². The standard InChI is InChI=1S/C27H36N2O7/c1-27(2)9-8-21-18-14-24(35-12-6-10-32-3)25(36-13-7-11-33-4)15-19(18)22-16-23(30)20(26(31)34-5)17-28(22)29(21)27/h14-17,21H,6-13H2,1-5H3/t21-/m1/s1. The van der Waals surface area contributed by atoms with Crippen LogP contribution < -0.4 is 19.9 Å². The Bertz CT molecular complexity index is 1160. The zero-order chi connectivity index (χ0) is 25.9. The van der Waals surface area contributed by atoms with Crippen LogP contribution in [0.3, 0.4) is 0 Å². The molecule has 1 aromatic carbocycles. The van der Waals surface area contributed by atoms with E-state index in [2.05, 4.69) is 24.9 Å². The van der Waals surface area contributed by atoms with E-state index in [0.717, 1.165) is 36.8 Å². The van der Waals surface area contributed by atoms with Crippen molar-refractivity contribution < 1.29 is 28.5 Å². The Morgan fingerprint density at radius 2 is 1.61 bits per heavy atom. The molecule has 9 heteroatoms. The van der Waals surface area contributed by atoms with E-state index in [1.54, 1.807) is 20.4 Å². The van der Waals surface area contributed by atoms with Gasteiger partial charge in [-0.2, -0.15) is 0 Å². The summed E-state index contributed by atoms with van der Waals surface area (Å²) in [6, 6.07) is 5.58. The normalized spacial score (nSPS) is 17.2. The van der Waals surface area contributed by atoms with E-state index in [9.17, 15) is 9.59 Å². The van der Waals surface area contributed by atoms with Crippen molar-refractivity contribution in [2.24, 2.45) is 0 Å². The molecule has 1 fully saturated rings. The fraction of sp³-hybridized carbons (Fsp3) is 0.556. The molecule has 0 N–H and O–H groups in total. The number of carbonyl (C=O) groups is 1. The van der Waals surface area contributed by atoms with Gasteiger partial charge < -0.3 is 23.7 Å². The maximum Gasteiger partial charge on any atom is 0.343 e. The van der Waals surface area contributed by atoms with Crippen LogP contribution in [0.15, 0.2) is 29.2 Å². The van der Waals surface area contributed by atoms with Gasteiger partial charge in [-0.15, -0.1) is 0 Å². The third-order valence-electron chi connectivity index (χ3n) is 6.87. The third-order valence-corrected chi connectivity index (χ3v) is 6.87. The first-order valence-electron chi connectivity index (χ1n) is 12.4. The number of ether oxygens (including phenoxy) is 5. The van der Waals surface area contributed by atoms with Gasteiger partial charge in [0.1, 0.15) is 5.56 Å². The van der Waals surface area contributed by atoms with Gasteiger partial charge in [0.2, 0.25) is 0 Å². The van der Waals surface area contributed by atoms with Crippen LogP contribution in [-0.2, 0) is 14.2 Å². The van der Waals surface area contributed by atoms with Gasteiger partial charge in [-0.1, -0.05) is 0 Å². The highest BCUT2D eigenvalue weighted by molar-refractivity contribution is 5.89. The molecule has 1 saturated heterocycles. The molecule has 0 unspecified atom stereocenters. The van der Waals surface area contributed by atoms with Gasteiger partial charge in [0.25, 0.3) is 0 Å². The molecule has 36 heavy (non-hydrogen) atoms. The molecule has 2 aliphatic rings. The molecule has 2 aromatic rings. The monoisotopic (exact) mass is 500 g/mol. The number of methoxy groups -OCH3 is 3. The maximum absolute atomic E-state index is 12.9. The zero-order valence-electron chi connectivity index (χ0n) is 21.8. The largest absolute Gasteiger partial charge is 0.490 e. The minimum absolute atomic E-state index is 0.0142. The summed E-state index contributed by atoms with van der Waals surface area (Å²) in [6.07, 6.45) is 4.99. The van der Waals surface area contributed by atoms with Crippen molar-refractivity contribution in [2.75, 3.05) is 52.8 Å². The molecule has 0 aliphatic carbocycles. The fourth-order valence-corrected chi connectivity index (χ4v) is 5.11. The van der Waals surface area contributed by atoms with Crippen molar-refractivity contribution in [3.05, 3.63) is 45.7 Å². The van der Waals surface area contributed by atoms with Crippen molar-refractivity contribution >= 4 is 5.97 Å². The highest BCUT2D eigenvalue weighted by Crippen LogP contribution is 2.50. The van der Waals surface area contributed by atoms with Crippen LogP contribution in [-0.4, -0.2) is 63.9 Å². The van der Waals surface area contributed by atoms with E-state index in [-0.39, 0.29) is 22.6 Å². The molecule has 0 radical (unpaired) electrons. The van der Waals surface area contributed by atoms with Crippen molar-refractivity contribution in [2.45, 2.75) is 51.1 Å². The number of hydrogen-bond donors (Lipinski definition) is 0. The van der Waals surface area contributed by atoms with Gasteiger partial charge in [0.05, 0.1) is 37.6 Å². The Hall–Kier alpha value is -3.04. The first-order chi connectivity index (χ1) is 17.3. The van der Waals surface area contributed by atoms with Gasteiger partial charge in [0, 0.05) is 58.1 Å². The number of nitrogens with zero attached hydrogens (tertiary/aromatic N) is 2. The van der Waals surface area contributed by atoms with Crippen LogP contribution >= 0.6 is 0 Å². The average Bonchev–Trinajstić information content (AvgIpc) is 3.19. The minimum Gasteiger partial charge on any atom is -0.490 e. The summed E-state index contributed by atoms with van der Waals surface area (Å²) >= 11 is 0. The Balaban J connectivity index is 1.83. The molecule has 0 bridgehead atoms. The molecule has 1 atom stereocenters. The lowest BCUT2D eigenvalue weighted by Gasteiger charge is -2.44. The molecule has 4 rings (SSSR count). The Morgan fingerprint density at radius 3 is 2.22 bits per heavy atom. The van der Waals surface area contributed by atoms with Crippen LogP contribution in [0.2, 0.25) is 0 Å². The summed E-state index contributed by atoms with van der Waals surface area (Å²) in [5.41, 5.74) is 2.14. The fourth-order valence-electron chi connectivity index (χ4n) is 5.11. The quantitative estimate of drug-likeness (QED) is 0.341. The lowest BCUT2D eigenvalue weighted by molar-refractivity contribution is 0.0598. The number of esters is 1. The number of benzene rings is 1. The Kier molecular flexibility index (Phi) is 7.90. The molecule has 2 aliphatic heterocycles. The molecule has 0 spiro atoms. The first-order valence-corrected chi connectivity index (χ1v) is 12.4. The third kappa shape index (κ3) is 4.95. The highest BCUT2D eigenvalue weighted by atomic mass is 16.5. The average molecular weight is 501 g/mol. The second-order valence-electron chi connectivity index (χ2n) is 9.76. The van der Waals surface area contributed by atoms with E-state index in [0.29, 0.717) is 43.6 Å². The van der Waals surface area contributed by atoms with E-state index in [4.69, 9.17) is 23.7 Å². The van der Waals surface area contributed by atoms with E-state index in [1.807, 2.05) is 10.7 Å². The highest BCUT2D eigenvalue weighted by Gasteiger charge is 2.45. The lowest BCUT2D eigenvalue weighted by Crippen LogP contribution is -2.50. The van der Waals surface area contributed by atoms with Crippen LogP contribution in [0.5, 0.6) is 11.5 Å². The molecular formula is C27H36N2O7. The van der Waals surface area contributed by atoms with Gasteiger partial charge >= 0.3 is 5.97 Å². The van der Waals surface area contributed by atoms with Gasteiger partial charge in [0.15, 0.2) is 16.9 Å². The Labute approximate surface area is 211 Å². The number of hydrogen-bond acceptors (Lipinski definition) is 8. The zero-order valence-corrected chi connectivity index (χ0v) is 21.8. The minimum atomic E-state index is -0.642. The van der Waals surface area contributed by atoms with Crippen LogP contribution in [0, 0.1) is 0 Å². The van der Waals surface area contributed by atoms with Crippen molar-refractivity contribution in [1.29, 1.82) is 0 Å². The summed E-state index contributed by atoms with van der Waals surface area (Å²) in [6.45, 7) is 6.52. The number of fused-ring (bicyclic) bond motifs is 6. The predicted molar refractivity (Wildman–Crippen MR) is 136 cm³/mol. The second-order valence-corrected chi connectivity index (χ2v) is 9.76. The van der Waals surface area contributed by atoms with Crippen LogP contribution in [0.4, 0.5) is 0 Å². The summed E-state index contributed by atoms with van der Waals surface area (Å²) in [5, 5.41) is 2.25. The molecular weight excluding hydrogens is 464 g/mol. The van der Waals surface area contributed by atoms with Gasteiger partial charge in [-0.05, 0) is 44.4 Å². The molecule has 0 saturated carbocycles. The van der Waals surface area contributed by atoms with E-state index in [1.165, 1.54) is 13.2 Å². The van der Waals surface area contributed by atoms with Crippen molar-refractivity contribution in [1.82, 2.24) is 4.68 Å². The summed E-state index contributed by atoms with van der Waals surface area (Å²) in [4.78, 5) is 25.3. The molecule has 1 aromatic heterocycles. The van der Waals surface area contributed by atoms with Crippen molar-refractivity contribution in [3.63, 3.8) is 0 Å². The van der Waals surface area contributed by atoms with Crippen LogP contribution in [0.25, 0.3) is 11.3 Å². The molecule has 196 valence electrons. The van der Waals surface area contributed by atoms with Crippen LogP contribution in [0.1, 0.15) is 61.5 Å². The summed E-state index contributed by atoms with van der Waals surface area (Å²) < 4.78 is 29.4. The number of rotatable bonds is 11.